The summed E-state index contributed by atoms with van der Waals surface area (Å²) in [6, 6.07) is 0. The monoisotopic (exact) mass is 322 g/mol. The van der Waals surface area contributed by atoms with E-state index in [4.69, 9.17) is 11.5 Å². The van der Waals surface area contributed by atoms with Crippen molar-refractivity contribution in [2.45, 2.75) is 6.18 Å². The van der Waals surface area contributed by atoms with Gasteiger partial charge in [-0.15, -0.1) is 17.9 Å². The minimum Gasteiger partial charge on any atom is -0.397 e. The van der Waals surface area contributed by atoms with E-state index in [1.807, 2.05) is 5.32 Å². The van der Waals surface area contributed by atoms with E-state index in [9.17, 15) is 22.8 Å². The second kappa shape index (κ2) is 6.48. The molecule has 0 unspecified atom stereocenters. The molecule has 21 heavy (non-hydrogen) atoms. The van der Waals surface area contributed by atoms with Crippen molar-refractivity contribution >= 4 is 33.8 Å². The number of nitrogens with one attached hydrogen (secondary N) is 2. The van der Waals surface area contributed by atoms with Gasteiger partial charge in [-0.25, -0.2) is 0 Å². The third-order valence-electron chi connectivity index (χ3n) is 2.25. The smallest absolute Gasteiger partial charge is 0.397 e. The predicted octanol–water partition coefficient (Wildman–Crippen LogP) is 1.32. The number of halogens is 3. The van der Waals surface area contributed by atoms with E-state index >= 15 is 0 Å². The number of primary amides is 1. The molecule has 0 atom stereocenters. The average molecular weight is 322 g/mol. The van der Waals surface area contributed by atoms with Crippen LogP contribution in [0.25, 0.3) is 0 Å². The number of amides is 2. The number of carbonyl (C=O) groups excluding carboxylic acids is 2. The molecule has 0 saturated heterocycles. The number of hydrogen-bond donors (Lipinski definition) is 4. The molecule has 0 aliphatic carbocycles. The molecule has 1 aromatic heterocycles. The summed E-state index contributed by atoms with van der Waals surface area (Å²) in [6.07, 6.45) is -3.07. The SMILES string of the molecule is C=CCNC(=O)c1sc(NCC(F)(F)F)c(C(N)=O)c1N. The quantitative estimate of drug-likeness (QED) is 0.592. The Bertz CT molecular complexity index is 569. The van der Waals surface area contributed by atoms with Crippen molar-refractivity contribution in [2.75, 3.05) is 24.1 Å². The molecule has 10 heteroatoms. The number of thiophene rings is 1. The molecule has 6 nitrogen and oxygen atoms in total. The van der Waals surface area contributed by atoms with Crippen molar-refractivity contribution in [1.82, 2.24) is 5.32 Å². The Morgan fingerprint density at radius 1 is 1.38 bits per heavy atom. The number of rotatable bonds is 6. The Morgan fingerprint density at radius 3 is 2.48 bits per heavy atom. The van der Waals surface area contributed by atoms with Crippen LogP contribution in [-0.4, -0.2) is 31.1 Å². The van der Waals surface area contributed by atoms with Crippen LogP contribution in [0.3, 0.4) is 0 Å². The van der Waals surface area contributed by atoms with Gasteiger partial charge in [0, 0.05) is 6.54 Å². The lowest BCUT2D eigenvalue weighted by atomic mass is 10.2. The lowest BCUT2D eigenvalue weighted by Crippen LogP contribution is -2.23. The summed E-state index contributed by atoms with van der Waals surface area (Å²) in [5, 5.41) is 4.24. The normalized spacial score (nSPS) is 11.0. The van der Waals surface area contributed by atoms with Gasteiger partial charge in [0.15, 0.2) is 0 Å². The Kier molecular flexibility index (Phi) is 5.19. The molecule has 0 fully saturated rings. The maximum atomic E-state index is 12.2. The topological polar surface area (TPSA) is 110 Å². The van der Waals surface area contributed by atoms with Gasteiger partial charge < -0.3 is 22.1 Å². The third-order valence-corrected chi connectivity index (χ3v) is 3.42. The van der Waals surface area contributed by atoms with E-state index in [0.29, 0.717) is 11.3 Å². The van der Waals surface area contributed by atoms with Crippen LogP contribution < -0.4 is 22.1 Å². The van der Waals surface area contributed by atoms with Crippen molar-refractivity contribution in [3.63, 3.8) is 0 Å². The summed E-state index contributed by atoms with van der Waals surface area (Å²) in [7, 11) is 0. The van der Waals surface area contributed by atoms with Crippen LogP contribution in [0.1, 0.15) is 20.0 Å². The highest BCUT2D eigenvalue weighted by Gasteiger charge is 2.30. The van der Waals surface area contributed by atoms with Gasteiger partial charge in [0.05, 0.1) is 11.3 Å². The van der Waals surface area contributed by atoms with Crippen LogP contribution in [-0.2, 0) is 0 Å². The fraction of sp³-hybridized carbons (Fsp3) is 0.273. The van der Waals surface area contributed by atoms with E-state index in [0.717, 1.165) is 0 Å². The lowest BCUT2D eigenvalue weighted by Gasteiger charge is -2.08. The molecule has 1 aromatic rings. The van der Waals surface area contributed by atoms with E-state index in [2.05, 4.69) is 11.9 Å². The number of nitrogen functional groups attached to an aromatic ring is 1. The van der Waals surface area contributed by atoms with Crippen molar-refractivity contribution in [1.29, 1.82) is 0 Å². The van der Waals surface area contributed by atoms with Gasteiger partial charge in [0.25, 0.3) is 11.8 Å². The van der Waals surface area contributed by atoms with Gasteiger partial charge in [0.1, 0.15) is 16.4 Å². The minimum atomic E-state index is -4.49. The first-order chi connectivity index (χ1) is 9.67. The first-order valence-electron chi connectivity index (χ1n) is 5.59. The van der Waals surface area contributed by atoms with Gasteiger partial charge in [-0.3, -0.25) is 9.59 Å². The predicted molar refractivity (Wildman–Crippen MR) is 74.3 cm³/mol. The molecule has 0 aromatic carbocycles. The molecule has 0 saturated carbocycles. The zero-order chi connectivity index (χ0) is 16.2. The van der Waals surface area contributed by atoms with Crippen LogP contribution in [0.5, 0.6) is 0 Å². The summed E-state index contributed by atoms with van der Waals surface area (Å²) in [6.45, 7) is 2.17. The first kappa shape index (κ1) is 16.8. The molecule has 0 aliphatic heterocycles. The number of carbonyl (C=O) groups is 2. The first-order valence-corrected chi connectivity index (χ1v) is 6.40. The van der Waals surface area contributed by atoms with E-state index in [1.165, 1.54) is 6.08 Å². The molecular weight excluding hydrogens is 309 g/mol. The molecular formula is C11H13F3N4O2S. The van der Waals surface area contributed by atoms with Gasteiger partial charge in [0.2, 0.25) is 0 Å². The van der Waals surface area contributed by atoms with E-state index in [1.54, 1.807) is 0 Å². The maximum Gasteiger partial charge on any atom is 0.405 e. The third kappa shape index (κ3) is 4.38. The molecule has 116 valence electrons. The number of nitrogens with two attached hydrogens (primary N) is 2. The van der Waals surface area contributed by atoms with Crippen LogP contribution >= 0.6 is 11.3 Å². The summed E-state index contributed by atoms with van der Waals surface area (Å²) < 4.78 is 36.6. The van der Waals surface area contributed by atoms with E-state index < -0.39 is 24.5 Å². The highest BCUT2D eigenvalue weighted by Crippen LogP contribution is 2.36. The van der Waals surface area contributed by atoms with Crippen molar-refractivity contribution in [2.24, 2.45) is 5.73 Å². The van der Waals surface area contributed by atoms with Crippen LogP contribution in [0.2, 0.25) is 0 Å². The Balaban J connectivity index is 3.10. The highest BCUT2D eigenvalue weighted by atomic mass is 32.1. The van der Waals surface area contributed by atoms with E-state index in [-0.39, 0.29) is 27.7 Å². The second-order valence-electron chi connectivity index (χ2n) is 3.88. The average Bonchev–Trinajstić information content (AvgIpc) is 2.70. The summed E-state index contributed by atoms with van der Waals surface area (Å²) >= 11 is 0.630. The Labute approximate surface area is 122 Å². The molecule has 2 amide bonds. The summed E-state index contributed by atoms with van der Waals surface area (Å²) in [4.78, 5) is 23.0. The van der Waals surface area contributed by atoms with Gasteiger partial charge in [-0.05, 0) is 0 Å². The minimum absolute atomic E-state index is 0.0877. The molecule has 1 rings (SSSR count). The largest absolute Gasteiger partial charge is 0.405 e. The van der Waals surface area contributed by atoms with Crippen LogP contribution in [0.15, 0.2) is 12.7 Å². The van der Waals surface area contributed by atoms with Gasteiger partial charge in [-0.1, -0.05) is 6.08 Å². The molecule has 6 N–H and O–H groups in total. The number of alkyl halides is 3. The standard InChI is InChI=1S/C11H13F3N4O2S/c1-2-3-17-9(20)7-6(15)5(8(16)19)10(21-7)18-4-11(12,13)14/h2,18H,1,3-4,15H2,(H2,16,19)(H,17,20). The molecule has 0 radical (unpaired) electrons. The molecule has 0 bridgehead atoms. The molecule has 0 spiro atoms. The molecule has 1 heterocycles. The fourth-order valence-corrected chi connectivity index (χ4v) is 2.45. The zero-order valence-corrected chi connectivity index (χ0v) is 11.5. The van der Waals surface area contributed by atoms with Gasteiger partial charge in [-0.2, -0.15) is 13.2 Å². The van der Waals surface area contributed by atoms with Gasteiger partial charge >= 0.3 is 6.18 Å². The summed E-state index contributed by atoms with van der Waals surface area (Å²) in [5.74, 6) is -1.64. The maximum absolute atomic E-state index is 12.2. The number of hydrogen-bond acceptors (Lipinski definition) is 5. The highest BCUT2D eigenvalue weighted by molar-refractivity contribution is 7.19. The summed E-state index contributed by atoms with van der Waals surface area (Å²) in [5.41, 5.74) is 10.1. The zero-order valence-electron chi connectivity index (χ0n) is 10.7. The van der Waals surface area contributed by atoms with Crippen LogP contribution in [0, 0.1) is 0 Å². The molecule has 0 aliphatic rings. The fourth-order valence-electron chi connectivity index (χ4n) is 1.41. The Morgan fingerprint density at radius 2 is 2.00 bits per heavy atom. The number of anilines is 2. The van der Waals surface area contributed by atoms with Crippen molar-refractivity contribution in [3.05, 3.63) is 23.1 Å². The second-order valence-corrected chi connectivity index (χ2v) is 4.90. The Hall–Kier alpha value is -2.23. The van der Waals surface area contributed by atoms with Crippen LogP contribution in [0.4, 0.5) is 23.9 Å². The lowest BCUT2D eigenvalue weighted by molar-refractivity contribution is -0.115. The van der Waals surface area contributed by atoms with Crippen molar-refractivity contribution < 1.29 is 22.8 Å². The van der Waals surface area contributed by atoms with Crippen molar-refractivity contribution in [3.8, 4) is 0 Å².